The normalized spacial score (nSPS) is 11.7. The number of aromatic nitrogens is 2. The molecule has 0 spiro atoms. The van der Waals surface area contributed by atoms with E-state index in [4.69, 9.17) is 18.9 Å². The van der Waals surface area contributed by atoms with Gasteiger partial charge < -0.3 is 28.1 Å². The molecule has 6 nitrogen and oxygen atoms in total. The van der Waals surface area contributed by atoms with E-state index in [1.807, 2.05) is 42.5 Å². The van der Waals surface area contributed by atoms with E-state index >= 15 is 0 Å². The van der Waals surface area contributed by atoms with Gasteiger partial charge in [-0.25, -0.2) is 0 Å². The summed E-state index contributed by atoms with van der Waals surface area (Å²) in [5.74, 6) is 3.31. The number of rotatable bonds is 14. The summed E-state index contributed by atoms with van der Waals surface area (Å²) in [6.45, 7) is 5.13. The van der Waals surface area contributed by atoms with Crippen molar-refractivity contribution in [2.24, 2.45) is 0 Å². The van der Waals surface area contributed by atoms with Crippen LogP contribution >= 0.6 is 0 Å². The first-order valence-corrected chi connectivity index (χ1v) is 20.2. The van der Waals surface area contributed by atoms with Crippen LogP contribution in [0.5, 0.6) is 23.0 Å². The highest BCUT2D eigenvalue weighted by molar-refractivity contribution is 6.06. The Bertz CT molecular complexity index is 2740. The van der Waals surface area contributed by atoms with Gasteiger partial charge in [-0.3, -0.25) is 0 Å². The zero-order valence-electron chi connectivity index (χ0n) is 34.7. The van der Waals surface area contributed by atoms with Crippen LogP contribution < -0.4 is 18.9 Å². The molecule has 0 unspecified atom stereocenters. The highest BCUT2D eigenvalue weighted by atomic mass is 16.5. The summed E-state index contributed by atoms with van der Waals surface area (Å²) in [6.07, 6.45) is 6.35. The van der Waals surface area contributed by atoms with Crippen molar-refractivity contribution >= 4 is 44.1 Å². The van der Waals surface area contributed by atoms with E-state index in [-0.39, 0.29) is 0 Å². The Kier molecular flexibility index (Phi) is 11.4. The van der Waals surface area contributed by atoms with Gasteiger partial charge in [0.2, 0.25) is 0 Å². The number of methoxy groups -OCH3 is 4. The number of fused-ring (bicyclic) bond motifs is 2. The molecule has 0 N–H and O–H groups in total. The van der Waals surface area contributed by atoms with Gasteiger partial charge in [0.15, 0.2) is 0 Å². The second kappa shape index (κ2) is 17.3. The van der Waals surface area contributed by atoms with Crippen LogP contribution in [0.15, 0.2) is 158 Å². The third kappa shape index (κ3) is 7.62. The number of hydrogen-bond donors (Lipinski definition) is 0. The van der Waals surface area contributed by atoms with Crippen LogP contribution in [-0.2, 0) is 6.67 Å². The maximum Gasteiger partial charge on any atom is 0.119 e. The van der Waals surface area contributed by atoms with Gasteiger partial charge >= 0.3 is 0 Å². The summed E-state index contributed by atoms with van der Waals surface area (Å²) >= 11 is 0. The molecular weight excluding hydrogens is 729 g/mol. The molecule has 6 aromatic carbocycles. The van der Waals surface area contributed by atoms with E-state index in [2.05, 4.69) is 139 Å². The van der Waals surface area contributed by atoms with Crippen LogP contribution in [0.2, 0.25) is 0 Å². The molecule has 296 valence electrons. The van der Waals surface area contributed by atoms with E-state index < -0.39 is 0 Å². The molecule has 0 atom stereocenters. The Morgan fingerprint density at radius 2 is 0.797 bits per heavy atom. The van der Waals surface area contributed by atoms with Gasteiger partial charge in [-0.1, -0.05) is 98.8 Å². The van der Waals surface area contributed by atoms with Crippen LogP contribution in [-0.4, -0.2) is 37.6 Å². The lowest BCUT2D eigenvalue weighted by Gasteiger charge is -2.17. The zero-order valence-corrected chi connectivity index (χ0v) is 34.7. The van der Waals surface area contributed by atoms with Gasteiger partial charge in [-0.2, -0.15) is 0 Å². The molecule has 0 bridgehead atoms. The molecule has 0 saturated carbocycles. The van der Waals surface area contributed by atoms with Crippen molar-refractivity contribution in [2.75, 3.05) is 28.4 Å². The molecule has 8 rings (SSSR count). The lowest BCUT2D eigenvalue weighted by Crippen LogP contribution is -2.05. The second-order valence-electron chi connectivity index (χ2n) is 14.5. The lowest BCUT2D eigenvalue weighted by molar-refractivity contribution is 0.414. The van der Waals surface area contributed by atoms with E-state index in [9.17, 15) is 0 Å². The molecule has 59 heavy (non-hydrogen) atoms. The minimum absolute atomic E-state index is 0.631. The van der Waals surface area contributed by atoms with Crippen molar-refractivity contribution in [2.45, 2.75) is 33.4 Å². The largest absolute Gasteiger partial charge is 0.497 e. The summed E-state index contributed by atoms with van der Waals surface area (Å²) in [5.41, 5.74) is 14.2. The van der Waals surface area contributed by atoms with E-state index in [0.29, 0.717) is 6.67 Å². The Hall–Kier alpha value is -6.92. The van der Waals surface area contributed by atoms with Crippen molar-refractivity contribution in [3.05, 3.63) is 191 Å². The summed E-state index contributed by atoms with van der Waals surface area (Å²) < 4.78 is 27.2. The SMILES string of the molecule is CCC(=C(c1ccc(OC)cc1)c1ccc(OC)cc1)c1cn(Cn2cc(/C(CC)=C(/c3ccc(OC)cc3)c3cccc(OC)c3)c3ccccc32)c2ccccc12. The minimum Gasteiger partial charge on any atom is -0.497 e. The second-order valence-corrected chi connectivity index (χ2v) is 14.5. The third-order valence-electron chi connectivity index (χ3n) is 11.3. The molecule has 2 heterocycles. The molecule has 0 radical (unpaired) electrons. The highest BCUT2D eigenvalue weighted by Crippen LogP contribution is 2.41. The Morgan fingerprint density at radius 3 is 1.19 bits per heavy atom. The average Bonchev–Trinajstić information content (AvgIpc) is 3.85. The first-order chi connectivity index (χ1) is 29.0. The predicted molar refractivity (Wildman–Crippen MR) is 244 cm³/mol. The first kappa shape index (κ1) is 38.9. The number of benzene rings is 6. The Balaban J connectivity index is 1.31. The fraction of sp³-hybridized carbons (Fsp3) is 0.170. The van der Waals surface area contributed by atoms with E-state index in [0.717, 1.165) is 58.1 Å². The van der Waals surface area contributed by atoms with Gasteiger partial charge in [-0.15, -0.1) is 0 Å². The number of allylic oxidation sites excluding steroid dienone is 2. The molecule has 0 amide bonds. The lowest BCUT2D eigenvalue weighted by atomic mass is 9.88. The van der Waals surface area contributed by atoms with Crippen molar-refractivity contribution in [3.8, 4) is 23.0 Å². The predicted octanol–water partition coefficient (Wildman–Crippen LogP) is 12.9. The number of nitrogens with zero attached hydrogens (tertiary/aromatic N) is 2. The average molecular weight is 779 g/mol. The molecule has 0 aliphatic heterocycles. The number of para-hydroxylation sites is 2. The fourth-order valence-electron chi connectivity index (χ4n) is 8.46. The van der Waals surface area contributed by atoms with Crippen LogP contribution in [0.3, 0.4) is 0 Å². The minimum atomic E-state index is 0.631. The molecule has 0 aliphatic carbocycles. The first-order valence-electron chi connectivity index (χ1n) is 20.2. The molecule has 0 fully saturated rings. The monoisotopic (exact) mass is 778 g/mol. The van der Waals surface area contributed by atoms with Crippen LogP contribution in [0.4, 0.5) is 0 Å². The maximum absolute atomic E-state index is 5.72. The van der Waals surface area contributed by atoms with E-state index in [1.54, 1.807) is 28.4 Å². The van der Waals surface area contributed by atoms with Crippen molar-refractivity contribution in [3.63, 3.8) is 0 Å². The molecule has 8 aromatic rings. The standard InChI is InChI=1S/C53H50N2O4/c1-7-44(52(36-20-26-40(56-3)27-21-36)37-22-28-41(57-4)29-23-37)48-33-54(50-18-11-9-16-46(48)50)35-55-34-49(47-17-10-12-19-51(47)55)45(8-2)53(38-24-30-42(58-5)31-25-38)39-14-13-15-43(32-39)59-6/h9-34H,7-8,35H2,1-6H3/b53-45-. The van der Waals surface area contributed by atoms with Gasteiger partial charge in [0.25, 0.3) is 0 Å². The fourth-order valence-corrected chi connectivity index (χ4v) is 8.46. The van der Waals surface area contributed by atoms with Crippen molar-refractivity contribution in [1.82, 2.24) is 9.13 Å². The topological polar surface area (TPSA) is 46.8 Å². The van der Waals surface area contributed by atoms with Gasteiger partial charge in [0, 0.05) is 34.3 Å². The van der Waals surface area contributed by atoms with Gasteiger partial charge in [-0.05, 0) is 118 Å². The summed E-state index contributed by atoms with van der Waals surface area (Å²) in [4.78, 5) is 0. The number of hydrogen-bond acceptors (Lipinski definition) is 4. The Labute approximate surface area is 347 Å². The van der Waals surface area contributed by atoms with Gasteiger partial charge in [0.05, 0.1) is 46.1 Å². The smallest absolute Gasteiger partial charge is 0.119 e. The molecule has 0 saturated heterocycles. The quantitative estimate of drug-likeness (QED) is 0.110. The number of ether oxygens (including phenoxy) is 4. The maximum atomic E-state index is 5.72. The van der Waals surface area contributed by atoms with Crippen LogP contribution in [0.1, 0.15) is 60.1 Å². The Morgan fingerprint density at radius 1 is 0.407 bits per heavy atom. The van der Waals surface area contributed by atoms with Crippen LogP contribution in [0.25, 0.3) is 44.1 Å². The van der Waals surface area contributed by atoms with Crippen LogP contribution in [0, 0.1) is 0 Å². The summed E-state index contributed by atoms with van der Waals surface area (Å²) in [7, 11) is 6.84. The molecule has 2 aromatic heterocycles. The molecule has 6 heteroatoms. The highest BCUT2D eigenvalue weighted by Gasteiger charge is 2.21. The van der Waals surface area contributed by atoms with Crippen molar-refractivity contribution < 1.29 is 18.9 Å². The summed E-state index contributed by atoms with van der Waals surface area (Å²) in [6, 6.07) is 51.1. The summed E-state index contributed by atoms with van der Waals surface area (Å²) in [5, 5.41) is 2.43. The zero-order chi connectivity index (χ0) is 40.9. The third-order valence-corrected chi connectivity index (χ3v) is 11.3. The van der Waals surface area contributed by atoms with Crippen molar-refractivity contribution in [1.29, 1.82) is 0 Å². The molecule has 0 aliphatic rings. The van der Waals surface area contributed by atoms with E-state index in [1.165, 1.54) is 55.2 Å². The van der Waals surface area contributed by atoms with Gasteiger partial charge in [0.1, 0.15) is 23.0 Å². The molecular formula is C53H50N2O4.